The summed E-state index contributed by atoms with van der Waals surface area (Å²) in [6.45, 7) is 3.16. The Kier molecular flexibility index (Phi) is 12.8. The normalized spacial score (nSPS) is 14.0. The van der Waals surface area contributed by atoms with Crippen molar-refractivity contribution in [3.63, 3.8) is 0 Å². The molecule has 0 bridgehead atoms. The quantitative estimate of drug-likeness (QED) is 0.172. The van der Waals surface area contributed by atoms with Gasteiger partial charge >= 0.3 is 12.0 Å². The van der Waals surface area contributed by atoms with E-state index in [-0.39, 0.29) is 25.7 Å². The van der Waals surface area contributed by atoms with E-state index in [0.29, 0.717) is 55.3 Å². The van der Waals surface area contributed by atoms with Gasteiger partial charge in [0.1, 0.15) is 6.54 Å². The van der Waals surface area contributed by atoms with Gasteiger partial charge in [-0.25, -0.2) is 9.79 Å². The molecule has 0 radical (unpaired) electrons. The molecular formula is C34H39N5O7. The third-order valence-corrected chi connectivity index (χ3v) is 6.94. The maximum atomic E-state index is 14.0. The van der Waals surface area contributed by atoms with Gasteiger partial charge in [-0.15, -0.1) is 0 Å². The Morgan fingerprint density at radius 2 is 1.63 bits per heavy atom. The van der Waals surface area contributed by atoms with Crippen molar-refractivity contribution in [1.82, 2.24) is 10.6 Å². The number of hydrogen-bond donors (Lipinski definition) is 3. The Hall–Kier alpha value is -5.07. The van der Waals surface area contributed by atoms with Gasteiger partial charge in [0.25, 0.3) is 5.91 Å². The summed E-state index contributed by atoms with van der Waals surface area (Å²) < 4.78 is 15.5. The molecule has 46 heavy (non-hydrogen) atoms. The summed E-state index contributed by atoms with van der Waals surface area (Å²) in [7, 11) is 1.35. The zero-order valence-corrected chi connectivity index (χ0v) is 26.0. The summed E-state index contributed by atoms with van der Waals surface area (Å²) in [6, 6.07) is 23.2. The zero-order valence-electron chi connectivity index (χ0n) is 26.0. The van der Waals surface area contributed by atoms with E-state index >= 15 is 0 Å². The standard InChI is InChI=1S/C34H39N5O7/c1-24-10-8-13-26(22-24)36-34(43)38-32-33(42)39(23-29(40)35-17-19-46-21-20-45-18-9-16-30(41)44-2)28-15-7-6-14-27(28)31(37-32)25-11-4-3-5-12-25/h3-8,10-15,22,32H,9,16-21,23H2,1-2H3,(H,35,40)(H2,36,38,43). The first kappa shape index (κ1) is 33.8. The molecule has 1 aliphatic heterocycles. The molecule has 0 saturated carbocycles. The van der Waals surface area contributed by atoms with E-state index in [9.17, 15) is 19.2 Å². The Balaban J connectivity index is 1.40. The molecule has 3 aromatic rings. The number of aliphatic imine (C=N–C) groups is 1. The number of urea groups is 1. The van der Waals surface area contributed by atoms with Crippen LogP contribution in [0.1, 0.15) is 29.5 Å². The molecule has 12 heteroatoms. The predicted molar refractivity (Wildman–Crippen MR) is 174 cm³/mol. The summed E-state index contributed by atoms with van der Waals surface area (Å²) >= 11 is 0. The highest BCUT2D eigenvalue weighted by atomic mass is 16.5. The summed E-state index contributed by atoms with van der Waals surface area (Å²) in [6.07, 6.45) is -0.451. The minimum absolute atomic E-state index is 0.219. The van der Waals surface area contributed by atoms with Crippen molar-refractivity contribution in [3.05, 3.63) is 95.6 Å². The molecule has 0 saturated heterocycles. The minimum Gasteiger partial charge on any atom is -0.469 e. The lowest BCUT2D eigenvalue weighted by Gasteiger charge is -2.25. The van der Waals surface area contributed by atoms with E-state index in [1.165, 1.54) is 12.0 Å². The average Bonchev–Trinajstić information content (AvgIpc) is 3.16. The third kappa shape index (κ3) is 9.98. The SMILES string of the molecule is COC(=O)CCCOCCOCCNC(=O)CN1C(=O)C(NC(=O)Nc2cccc(C)c2)N=C(c2ccccc2)c2ccccc21. The molecule has 0 aliphatic carbocycles. The molecule has 1 heterocycles. The number of carbonyl (C=O) groups is 4. The second-order valence-corrected chi connectivity index (χ2v) is 10.4. The van der Waals surface area contributed by atoms with Crippen molar-refractivity contribution in [1.29, 1.82) is 0 Å². The van der Waals surface area contributed by atoms with Crippen molar-refractivity contribution < 1.29 is 33.4 Å². The van der Waals surface area contributed by atoms with Gasteiger partial charge in [0.15, 0.2) is 0 Å². The van der Waals surface area contributed by atoms with Crippen molar-refractivity contribution in [2.24, 2.45) is 4.99 Å². The van der Waals surface area contributed by atoms with Crippen molar-refractivity contribution in [2.45, 2.75) is 25.9 Å². The lowest BCUT2D eigenvalue weighted by molar-refractivity contribution is -0.141. The largest absolute Gasteiger partial charge is 0.469 e. The smallest absolute Gasteiger partial charge is 0.321 e. The van der Waals surface area contributed by atoms with Crippen LogP contribution in [0.15, 0.2) is 83.9 Å². The van der Waals surface area contributed by atoms with Gasteiger partial charge in [0.2, 0.25) is 12.1 Å². The highest BCUT2D eigenvalue weighted by Gasteiger charge is 2.34. The van der Waals surface area contributed by atoms with Crippen LogP contribution in [-0.2, 0) is 28.6 Å². The number of para-hydroxylation sites is 1. The molecule has 0 aromatic heterocycles. The van der Waals surface area contributed by atoms with Crippen LogP contribution in [0.3, 0.4) is 0 Å². The van der Waals surface area contributed by atoms with E-state index < -0.39 is 24.0 Å². The van der Waals surface area contributed by atoms with Gasteiger partial charge in [0.05, 0.1) is 38.3 Å². The second-order valence-electron chi connectivity index (χ2n) is 10.4. The Labute approximate surface area is 268 Å². The van der Waals surface area contributed by atoms with Crippen LogP contribution >= 0.6 is 0 Å². The fraction of sp³-hybridized carbons (Fsp3) is 0.324. The lowest BCUT2D eigenvalue weighted by atomic mass is 10.0. The topological polar surface area (TPSA) is 148 Å². The molecule has 1 unspecified atom stereocenters. The van der Waals surface area contributed by atoms with Crippen molar-refractivity contribution >= 4 is 40.9 Å². The van der Waals surface area contributed by atoms with Crippen LogP contribution in [0, 0.1) is 6.92 Å². The number of fused-ring (bicyclic) bond motifs is 1. The fourth-order valence-corrected chi connectivity index (χ4v) is 4.73. The number of nitrogens with zero attached hydrogens (tertiary/aromatic N) is 2. The number of ether oxygens (including phenoxy) is 3. The maximum absolute atomic E-state index is 14.0. The van der Waals surface area contributed by atoms with Crippen LogP contribution in [0.2, 0.25) is 0 Å². The number of amides is 4. The number of hydrogen-bond acceptors (Lipinski definition) is 8. The number of aryl methyl sites for hydroxylation is 1. The highest BCUT2D eigenvalue weighted by Crippen LogP contribution is 2.28. The maximum Gasteiger partial charge on any atom is 0.321 e. The van der Waals surface area contributed by atoms with E-state index in [4.69, 9.17) is 14.5 Å². The number of benzene rings is 3. The van der Waals surface area contributed by atoms with E-state index in [1.54, 1.807) is 18.2 Å². The Bertz CT molecular complexity index is 1530. The average molecular weight is 630 g/mol. The number of nitrogens with one attached hydrogen (secondary N) is 3. The van der Waals surface area contributed by atoms with Crippen molar-refractivity contribution in [3.8, 4) is 0 Å². The molecule has 12 nitrogen and oxygen atoms in total. The number of esters is 1. The molecule has 4 amide bonds. The number of carbonyl (C=O) groups excluding carboxylic acids is 4. The first-order valence-corrected chi connectivity index (χ1v) is 15.0. The first-order valence-electron chi connectivity index (χ1n) is 15.0. The number of rotatable bonds is 15. The third-order valence-electron chi connectivity index (χ3n) is 6.94. The Morgan fingerprint density at radius 1 is 0.891 bits per heavy atom. The van der Waals surface area contributed by atoms with Crippen LogP contribution in [0.5, 0.6) is 0 Å². The first-order chi connectivity index (χ1) is 22.4. The van der Waals surface area contributed by atoms with Gasteiger partial charge in [-0.2, -0.15) is 0 Å². The zero-order chi connectivity index (χ0) is 32.7. The molecule has 1 atom stereocenters. The molecule has 3 N–H and O–H groups in total. The molecule has 0 spiro atoms. The molecule has 3 aromatic carbocycles. The summed E-state index contributed by atoms with van der Waals surface area (Å²) in [5.41, 5.74) is 3.94. The summed E-state index contributed by atoms with van der Waals surface area (Å²) in [5, 5.41) is 8.23. The molecular weight excluding hydrogens is 590 g/mol. The van der Waals surface area contributed by atoms with Gasteiger partial charge < -0.3 is 30.2 Å². The van der Waals surface area contributed by atoms with Crippen molar-refractivity contribution in [2.75, 3.05) is 56.8 Å². The van der Waals surface area contributed by atoms with Gasteiger partial charge in [-0.3, -0.25) is 19.3 Å². The van der Waals surface area contributed by atoms with Crippen LogP contribution in [0.4, 0.5) is 16.2 Å². The molecule has 1 aliphatic rings. The minimum atomic E-state index is -1.31. The number of benzodiazepines with no additional fused rings is 1. The molecule has 4 rings (SSSR count). The predicted octanol–water partition coefficient (Wildman–Crippen LogP) is 3.43. The fourth-order valence-electron chi connectivity index (χ4n) is 4.73. The highest BCUT2D eigenvalue weighted by molar-refractivity contribution is 6.21. The van der Waals surface area contributed by atoms with E-state index in [0.717, 1.165) is 11.1 Å². The van der Waals surface area contributed by atoms with Gasteiger partial charge in [0, 0.05) is 36.4 Å². The molecule has 242 valence electrons. The lowest BCUT2D eigenvalue weighted by Crippen LogP contribution is -2.51. The Morgan fingerprint density at radius 3 is 2.39 bits per heavy atom. The summed E-state index contributed by atoms with van der Waals surface area (Å²) in [4.78, 5) is 57.3. The van der Waals surface area contributed by atoms with E-state index in [1.807, 2.05) is 67.6 Å². The van der Waals surface area contributed by atoms with Crippen LogP contribution in [0.25, 0.3) is 0 Å². The van der Waals surface area contributed by atoms with Gasteiger partial charge in [-0.05, 0) is 37.1 Å². The van der Waals surface area contributed by atoms with E-state index in [2.05, 4.69) is 20.7 Å². The van der Waals surface area contributed by atoms with Crippen LogP contribution in [-0.4, -0.2) is 82.3 Å². The second kappa shape index (κ2) is 17.4. The van der Waals surface area contributed by atoms with Gasteiger partial charge in [-0.1, -0.05) is 60.7 Å². The molecule has 0 fully saturated rings. The number of anilines is 2. The monoisotopic (exact) mass is 629 g/mol. The summed E-state index contributed by atoms with van der Waals surface area (Å²) in [5.74, 6) is -1.24. The number of methoxy groups -OCH3 is 1. The van der Waals surface area contributed by atoms with Crippen LogP contribution < -0.4 is 20.9 Å².